The monoisotopic (exact) mass is 446 g/mol. The molecule has 0 amide bonds. The number of anilines is 2. The fourth-order valence-electron chi connectivity index (χ4n) is 2.61. The number of nitrogens with zero attached hydrogens (tertiary/aromatic N) is 2. The Kier molecular flexibility index (Phi) is 8.84. The van der Waals surface area contributed by atoms with Crippen LogP contribution in [0.2, 0.25) is 10.2 Å². The zero-order valence-electron chi connectivity index (χ0n) is 16.7. The minimum absolute atomic E-state index is 0.0444. The molecule has 3 N–H and O–H groups in total. The molecule has 29 heavy (non-hydrogen) atoms. The van der Waals surface area contributed by atoms with Crippen LogP contribution in [0.1, 0.15) is 18.1 Å². The molecule has 0 radical (unpaired) electrons. The molecule has 160 valence electrons. The Morgan fingerprint density at radius 1 is 1.03 bits per heavy atom. The van der Waals surface area contributed by atoms with Crippen LogP contribution < -0.4 is 25.3 Å². The quantitative estimate of drug-likeness (QED) is 0.231. The van der Waals surface area contributed by atoms with Gasteiger partial charge in [-0.2, -0.15) is 4.98 Å². The summed E-state index contributed by atoms with van der Waals surface area (Å²) in [5, 5.41) is 3.80. The third-order valence-electron chi connectivity index (χ3n) is 3.90. The number of halogens is 2. The molecule has 0 saturated carbocycles. The molecule has 0 spiro atoms. The Balaban J connectivity index is 2.29. The molecule has 0 aliphatic heterocycles. The van der Waals surface area contributed by atoms with Crippen LogP contribution in [0.25, 0.3) is 0 Å². The standard InChI is InChI=1S/C18H24Cl2N4O5/c1-5-28-29-7-6-11-16(20)23-18(21)24-17(11)22-9-10-8-12(25-2)14(26-3)15(27-4)13(10)19/h8H,5-7,9H2,1-4H3,(H3,21,22,23,24). The number of methoxy groups -OCH3 is 3. The van der Waals surface area contributed by atoms with E-state index in [0.717, 1.165) is 0 Å². The average molecular weight is 447 g/mol. The number of hydrogen-bond donors (Lipinski definition) is 2. The summed E-state index contributed by atoms with van der Waals surface area (Å²) >= 11 is 12.7. The number of ether oxygens (including phenoxy) is 3. The SMILES string of the molecule is CCOOCCc1c(Cl)nc(N)nc1NCc1cc(OC)c(OC)c(OC)c1Cl. The molecule has 0 saturated heterocycles. The highest BCUT2D eigenvalue weighted by Gasteiger charge is 2.20. The smallest absolute Gasteiger partial charge is 0.223 e. The van der Waals surface area contributed by atoms with E-state index < -0.39 is 0 Å². The van der Waals surface area contributed by atoms with Crippen molar-refractivity contribution < 1.29 is 24.0 Å². The van der Waals surface area contributed by atoms with Gasteiger partial charge in [-0.25, -0.2) is 14.8 Å². The van der Waals surface area contributed by atoms with Gasteiger partial charge in [-0.05, 0) is 18.6 Å². The summed E-state index contributed by atoms with van der Waals surface area (Å²) < 4.78 is 16.1. The lowest BCUT2D eigenvalue weighted by molar-refractivity contribution is -0.290. The Morgan fingerprint density at radius 2 is 1.76 bits per heavy atom. The van der Waals surface area contributed by atoms with Crippen LogP contribution in [-0.2, 0) is 22.7 Å². The van der Waals surface area contributed by atoms with Gasteiger partial charge in [0.25, 0.3) is 0 Å². The van der Waals surface area contributed by atoms with Crippen LogP contribution >= 0.6 is 23.2 Å². The van der Waals surface area contributed by atoms with Crippen LogP contribution in [0.3, 0.4) is 0 Å². The molecule has 11 heteroatoms. The highest BCUT2D eigenvalue weighted by molar-refractivity contribution is 6.33. The number of benzene rings is 1. The predicted octanol–water partition coefficient (Wildman–Crippen LogP) is 3.51. The Bertz CT molecular complexity index is 839. The predicted molar refractivity (Wildman–Crippen MR) is 111 cm³/mol. The fraction of sp³-hybridized carbons (Fsp3) is 0.444. The number of nitrogens with two attached hydrogens (primary N) is 1. The normalized spacial score (nSPS) is 10.7. The van der Waals surface area contributed by atoms with Crippen molar-refractivity contribution >= 4 is 35.0 Å². The van der Waals surface area contributed by atoms with E-state index in [1.165, 1.54) is 21.3 Å². The van der Waals surface area contributed by atoms with Gasteiger partial charge in [0.2, 0.25) is 11.7 Å². The summed E-state index contributed by atoms with van der Waals surface area (Å²) in [7, 11) is 4.54. The second-order valence-electron chi connectivity index (χ2n) is 5.65. The highest BCUT2D eigenvalue weighted by Crippen LogP contribution is 2.44. The summed E-state index contributed by atoms with van der Waals surface area (Å²) in [6, 6.07) is 1.75. The van der Waals surface area contributed by atoms with E-state index in [1.807, 2.05) is 6.92 Å². The zero-order valence-corrected chi connectivity index (χ0v) is 18.2. The minimum Gasteiger partial charge on any atom is -0.493 e. The van der Waals surface area contributed by atoms with E-state index in [9.17, 15) is 0 Å². The van der Waals surface area contributed by atoms with E-state index in [1.54, 1.807) is 6.07 Å². The highest BCUT2D eigenvalue weighted by atomic mass is 35.5. The average Bonchev–Trinajstić information content (AvgIpc) is 2.70. The molecule has 1 aromatic carbocycles. The van der Waals surface area contributed by atoms with Gasteiger partial charge >= 0.3 is 0 Å². The largest absolute Gasteiger partial charge is 0.493 e. The summed E-state index contributed by atoms with van der Waals surface area (Å²) in [6.45, 7) is 2.84. The first-order chi connectivity index (χ1) is 14.0. The second kappa shape index (κ2) is 11.1. The van der Waals surface area contributed by atoms with Crippen LogP contribution in [0, 0.1) is 0 Å². The molecule has 2 aromatic rings. The number of hydrogen-bond acceptors (Lipinski definition) is 9. The van der Waals surface area contributed by atoms with E-state index >= 15 is 0 Å². The molecule has 0 aliphatic carbocycles. The molecule has 0 bridgehead atoms. The lowest BCUT2D eigenvalue weighted by Gasteiger charge is -2.18. The first-order valence-electron chi connectivity index (χ1n) is 8.74. The van der Waals surface area contributed by atoms with Crippen LogP contribution in [0.5, 0.6) is 17.2 Å². The molecule has 2 rings (SSSR count). The first-order valence-corrected chi connectivity index (χ1v) is 9.49. The van der Waals surface area contributed by atoms with Crippen LogP contribution in [0.4, 0.5) is 11.8 Å². The van der Waals surface area contributed by atoms with Gasteiger partial charge in [-0.1, -0.05) is 23.2 Å². The number of nitrogens with one attached hydrogen (secondary N) is 1. The molecule has 0 aliphatic rings. The maximum atomic E-state index is 6.49. The molecular formula is C18H24Cl2N4O5. The number of rotatable bonds is 11. The topological polar surface area (TPSA) is 110 Å². The third kappa shape index (κ3) is 5.66. The Morgan fingerprint density at radius 3 is 2.38 bits per heavy atom. The van der Waals surface area contributed by atoms with Crippen molar-refractivity contribution in [1.29, 1.82) is 0 Å². The van der Waals surface area contributed by atoms with Gasteiger partial charge < -0.3 is 25.3 Å². The second-order valence-corrected chi connectivity index (χ2v) is 6.39. The summed E-state index contributed by atoms with van der Waals surface area (Å²) in [5.74, 6) is 1.77. The molecule has 1 aromatic heterocycles. The number of nitrogen functional groups attached to an aromatic ring is 1. The van der Waals surface area contributed by atoms with Crippen molar-refractivity contribution in [2.24, 2.45) is 0 Å². The van der Waals surface area contributed by atoms with Crippen molar-refractivity contribution in [2.75, 3.05) is 45.6 Å². The molecule has 0 unspecified atom stereocenters. The molecule has 0 atom stereocenters. The van der Waals surface area contributed by atoms with E-state index in [-0.39, 0.29) is 17.7 Å². The minimum atomic E-state index is 0.0444. The number of aromatic nitrogens is 2. The van der Waals surface area contributed by atoms with Gasteiger partial charge in [0.05, 0.1) is 39.6 Å². The Hall–Kier alpha value is -2.20. The van der Waals surface area contributed by atoms with Crippen LogP contribution in [0.15, 0.2) is 6.07 Å². The van der Waals surface area contributed by atoms with Crippen LogP contribution in [-0.4, -0.2) is 44.5 Å². The van der Waals surface area contributed by atoms with Gasteiger partial charge in [0.1, 0.15) is 11.0 Å². The van der Waals surface area contributed by atoms with Crippen molar-refractivity contribution in [1.82, 2.24) is 9.97 Å². The maximum Gasteiger partial charge on any atom is 0.223 e. The van der Waals surface area contributed by atoms with Crippen molar-refractivity contribution in [3.05, 3.63) is 27.4 Å². The molecular weight excluding hydrogens is 423 g/mol. The van der Waals surface area contributed by atoms with Crippen molar-refractivity contribution in [3.8, 4) is 17.2 Å². The molecule has 9 nitrogen and oxygen atoms in total. The zero-order chi connectivity index (χ0) is 21.4. The maximum absolute atomic E-state index is 6.49. The molecule has 0 fully saturated rings. The fourth-order valence-corrected chi connectivity index (χ4v) is 3.16. The first kappa shape index (κ1) is 23.1. The summed E-state index contributed by atoms with van der Waals surface area (Å²) in [5.41, 5.74) is 7.09. The van der Waals surface area contributed by atoms with Gasteiger partial charge in [-0.3, -0.25) is 0 Å². The summed E-state index contributed by atoms with van der Waals surface area (Å²) in [4.78, 5) is 18.2. The van der Waals surface area contributed by atoms with Gasteiger partial charge in [0.15, 0.2) is 11.5 Å². The van der Waals surface area contributed by atoms with Gasteiger partial charge in [-0.15, -0.1) is 0 Å². The van der Waals surface area contributed by atoms with E-state index in [0.29, 0.717) is 58.8 Å². The molecule has 1 heterocycles. The van der Waals surface area contributed by atoms with E-state index in [2.05, 4.69) is 15.3 Å². The third-order valence-corrected chi connectivity index (χ3v) is 4.63. The van der Waals surface area contributed by atoms with Crippen molar-refractivity contribution in [3.63, 3.8) is 0 Å². The Labute approximate surface area is 179 Å². The van der Waals surface area contributed by atoms with Gasteiger partial charge in [0, 0.05) is 18.5 Å². The lowest BCUT2D eigenvalue weighted by atomic mass is 10.1. The lowest BCUT2D eigenvalue weighted by Crippen LogP contribution is -2.11. The van der Waals surface area contributed by atoms with Crippen molar-refractivity contribution in [2.45, 2.75) is 19.9 Å². The summed E-state index contributed by atoms with van der Waals surface area (Å²) in [6.07, 6.45) is 0.421. The van der Waals surface area contributed by atoms with E-state index in [4.69, 9.17) is 52.9 Å².